The Kier molecular flexibility index (Phi) is 4.35. The molecule has 2 rings (SSSR count). The van der Waals surface area contributed by atoms with Crippen LogP contribution in [0.15, 0.2) is 30.9 Å². The van der Waals surface area contributed by atoms with Gasteiger partial charge >= 0.3 is 17.8 Å². The van der Waals surface area contributed by atoms with E-state index in [0.717, 1.165) is 18.2 Å². The third-order valence-electron chi connectivity index (χ3n) is 3.25. The van der Waals surface area contributed by atoms with Crippen molar-refractivity contribution in [1.29, 1.82) is 0 Å². The van der Waals surface area contributed by atoms with Crippen LogP contribution in [0.4, 0.5) is 16.2 Å². The Morgan fingerprint density at radius 2 is 1.67 bits per heavy atom. The highest BCUT2D eigenvalue weighted by Gasteiger charge is 2.44. The van der Waals surface area contributed by atoms with Crippen molar-refractivity contribution < 1.29 is 24.2 Å². The third-order valence-corrected chi connectivity index (χ3v) is 3.25. The molecular weight excluding hydrogens is 324 g/mol. The molecule has 0 saturated carbocycles. The van der Waals surface area contributed by atoms with Gasteiger partial charge in [-0.2, -0.15) is 0 Å². The van der Waals surface area contributed by atoms with E-state index in [-0.39, 0.29) is 12.1 Å². The summed E-state index contributed by atoms with van der Waals surface area (Å²) in [6, 6.07) is 1.87. The largest absolute Gasteiger partial charge is 0.334 e. The number of hydrogen-bond acceptors (Lipinski definition) is 7. The molecule has 0 aromatic heterocycles. The predicted octanol–water partition coefficient (Wildman–Crippen LogP) is 0.980. The van der Waals surface area contributed by atoms with Crippen molar-refractivity contribution in [2.45, 2.75) is 6.54 Å². The molecule has 124 valence electrons. The second-order valence-corrected chi connectivity index (χ2v) is 4.71. The first kappa shape index (κ1) is 16.7. The van der Waals surface area contributed by atoms with E-state index in [1.807, 2.05) is 0 Å². The molecule has 1 aromatic rings. The lowest BCUT2D eigenvalue weighted by atomic mass is 10.1. The van der Waals surface area contributed by atoms with Gasteiger partial charge in [0.05, 0.1) is 28.0 Å². The fraction of sp³-hybridized carbons (Fsp3) is 0.154. The normalized spacial score (nSPS) is 14.2. The quantitative estimate of drug-likeness (QED) is 0.248. The smallest absolute Gasteiger partial charge is 0.263 e. The second kappa shape index (κ2) is 6.24. The molecule has 0 bridgehead atoms. The number of imide groups is 2. The van der Waals surface area contributed by atoms with Gasteiger partial charge in [0.2, 0.25) is 0 Å². The number of nitrogens with zero attached hydrogens (tertiary/aromatic N) is 4. The van der Waals surface area contributed by atoms with Gasteiger partial charge in [0.15, 0.2) is 0 Å². The zero-order valence-corrected chi connectivity index (χ0v) is 12.1. The maximum atomic E-state index is 12.1. The average Bonchev–Trinajstić information content (AvgIpc) is 2.73. The van der Waals surface area contributed by atoms with Crippen LogP contribution in [-0.4, -0.2) is 44.0 Å². The Hall–Kier alpha value is -3.63. The van der Waals surface area contributed by atoms with Gasteiger partial charge in [-0.1, -0.05) is 6.08 Å². The highest BCUT2D eigenvalue weighted by Crippen LogP contribution is 2.27. The molecule has 0 N–H and O–H groups in total. The Bertz CT molecular complexity index is 789. The molecule has 0 unspecified atom stereocenters. The molecule has 1 aromatic carbocycles. The predicted molar refractivity (Wildman–Crippen MR) is 77.6 cm³/mol. The standard InChI is InChI=1S/C13H10N4O7/c1-2-5-14-11(18)12(19)15(13(14)20)7-8-3-4-9(16(21)22)6-10(8)17(23)24/h2-4,6H,1,5,7H2. The second-order valence-electron chi connectivity index (χ2n) is 4.71. The first-order chi connectivity index (χ1) is 11.3. The van der Waals surface area contributed by atoms with Crippen LogP contribution in [0.2, 0.25) is 0 Å². The van der Waals surface area contributed by atoms with Crippen molar-refractivity contribution in [2.75, 3.05) is 6.54 Å². The summed E-state index contributed by atoms with van der Waals surface area (Å²) in [4.78, 5) is 56.9. The van der Waals surface area contributed by atoms with Gasteiger partial charge in [-0.25, -0.2) is 4.79 Å². The highest BCUT2D eigenvalue weighted by molar-refractivity contribution is 6.44. The van der Waals surface area contributed by atoms with Crippen molar-refractivity contribution >= 4 is 29.2 Å². The molecule has 0 aliphatic carbocycles. The van der Waals surface area contributed by atoms with E-state index in [4.69, 9.17) is 0 Å². The minimum absolute atomic E-state index is 0.111. The molecule has 24 heavy (non-hydrogen) atoms. The van der Waals surface area contributed by atoms with Gasteiger partial charge in [0.1, 0.15) is 0 Å². The minimum Gasteiger partial charge on any atom is -0.263 e. The molecule has 1 heterocycles. The van der Waals surface area contributed by atoms with Crippen molar-refractivity contribution in [2.24, 2.45) is 0 Å². The summed E-state index contributed by atoms with van der Waals surface area (Å²) in [5.41, 5.74) is -1.24. The molecule has 0 atom stereocenters. The number of non-ortho nitro benzene ring substituents is 1. The maximum absolute atomic E-state index is 12.1. The Morgan fingerprint density at radius 1 is 1.04 bits per heavy atom. The van der Waals surface area contributed by atoms with Gasteiger partial charge in [0.25, 0.3) is 11.4 Å². The van der Waals surface area contributed by atoms with Gasteiger partial charge in [0, 0.05) is 12.6 Å². The van der Waals surface area contributed by atoms with E-state index in [1.165, 1.54) is 6.08 Å². The maximum Gasteiger partial charge on any atom is 0.334 e. The highest BCUT2D eigenvalue weighted by atomic mass is 16.6. The summed E-state index contributed by atoms with van der Waals surface area (Å²) < 4.78 is 0. The van der Waals surface area contributed by atoms with E-state index in [9.17, 15) is 34.6 Å². The summed E-state index contributed by atoms with van der Waals surface area (Å²) in [6.07, 6.45) is 1.25. The van der Waals surface area contributed by atoms with Crippen LogP contribution in [0, 0.1) is 20.2 Å². The first-order valence-corrected chi connectivity index (χ1v) is 6.47. The minimum atomic E-state index is -1.13. The van der Waals surface area contributed by atoms with Gasteiger partial charge in [-0.05, 0) is 6.07 Å². The fourth-order valence-electron chi connectivity index (χ4n) is 2.12. The Balaban J connectivity index is 2.37. The van der Waals surface area contributed by atoms with E-state index in [1.54, 1.807) is 0 Å². The van der Waals surface area contributed by atoms with Gasteiger partial charge in [-0.3, -0.25) is 39.6 Å². The van der Waals surface area contributed by atoms with Crippen LogP contribution in [0.3, 0.4) is 0 Å². The number of urea groups is 1. The zero-order chi connectivity index (χ0) is 18.0. The van der Waals surface area contributed by atoms with Gasteiger partial charge < -0.3 is 0 Å². The lowest BCUT2D eigenvalue weighted by Crippen LogP contribution is -2.33. The molecule has 0 radical (unpaired) electrons. The molecule has 11 heteroatoms. The summed E-state index contributed by atoms with van der Waals surface area (Å²) in [7, 11) is 0. The molecule has 0 spiro atoms. The Labute approximate surface area is 134 Å². The molecule has 1 aliphatic rings. The van der Waals surface area contributed by atoms with Crippen molar-refractivity contribution in [3.05, 3.63) is 56.6 Å². The number of nitro groups is 2. The number of amides is 4. The van der Waals surface area contributed by atoms with Crippen LogP contribution < -0.4 is 0 Å². The number of benzene rings is 1. The zero-order valence-electron chi connectivity index (χ0n) is 12.1. The monoisotopic (exact) mass is 334 g/mol. The van der Waals surface area contributed by atoms with Crippen LogP contribution in [0.5, 0.6) is 0 Å². The van der Waals surface area contributed by atoms with Crippen LogP contribution in [0.25, 0.3) is 0 Å². The number of rotatable bonds is 6. The molecule has 4 amide bonds. The number of nitro benzene ring substituents is 2. The molecular formula is C13H10N4O7. The van der Waals surface area contributed by atoms with Gasteiger partial charge in [-0.15, -0.1) is 6.58 Å². The first-order valence-electron chi connectivity index (χ1n) is 6.47. The summed E-state index contributed by atoms with van der Waals surface area (Å²) >= 11 is 0. The summed E-state index contributed by atoms with van der Waals surface area (Å²) in [5.74, 6) is -2.20. The lowest BCUT2D eigenvalue weighted by Gasteiger charge is -2.14. The van der Waals surface area contributed by atoms with E-state index < -0.39 is 45.6 Å². The van der Waals surface area contributed by atoms with Crippen molar-refractivity contribution in [1.82, 2.24) is 9.80 Å². The average molecular weight is 334 g/mol. The lowest BCUT2D eigenvalue weighted by molar-refractivity contribution is -0.394. The molecule has 1 aliphatic heterocycles. The van der Waals surface area contributed by atoms with Crippen LogP contribution in [0.1, 0.15) is 5.56 Å². The third kappa shape index (κ3) is 2.82. The summed E-state index contributed by atoms with van der Waals surface area (Å²) in [6.45, 7) is 2.63. The van der Waals surface area contributed by atoms with Crippen molar-refractivity contribution in [3.63, 3.8) is 0 Å². The molecule has 1 saturated heterocycles. The number of hydrogen-bond donors (Lipinski definition) is 0. The van der Waals surface area contributed by atoms with Crippen molar-refractivity contribution in [3.8, 4) is 0 Å². The van der Waals surface area contributed by atoms with Crippen LogP contribution in [-0.2, 0) is 16.1 Å². The van der Waals surface area contributed by atoms with E-state index >= 15 is 0 Å². The van der Waals surface area contributed by atoms with Crippen LogP contribution >= 0.6 is 0 Å². The summed E-state index contributed by atoms with van der Waals surface area (Å²) in [5, 5.41) is 21.8. The number of carbonyl (C=O) groups excluding carboxylic acids is 3. The Morgan fingerprint density at radius 3 is 2.21 bits per heavy atom. The van der Waals surface area contributed by atoms with E-state index in [2.05, 4.69) is 6.58 Å². The topological polar surface area (TPSA) is 144 Å². The number of carbonyl (C=O) groups is 3. The molecule has 11 nitrogen and oxygen atoms in total. The molecule has 1 fully saturated rings. The SMILES string of the molecule is C=CCN1C(=O)C(=O)N(Cc2ccc([N+](=O)[O-])cc2[N+](=O)[O-])C1=O. The fourth-order valence-corrected chi connectivity index (χ4v) is 2.12. The van der Waals surface area contributed by atoms with E-state index in [0.29, 0.717) is 9.80 Å².